The molecule has 2 rings (SSSR count). The second-order valence-electron chi connectivity index (χ2n) is 3.48. The van der Waals surface area contributed by atoms with Gasteiger partial charge in [-0.05, 0) is 18.6 Å². The molecular weight excluding hydrogens is 230 g/mol. The van der Waals surface area contributed by atoms with Gasteiger partial charge in [0.15, 0.2) is 6.29 Å². The van der Waals surface area contributed by atoms with Crippen LogP contribution in [-0.2, 0) is 10.8 Å². The molecule has 1 atom stereocenters. The van der Waals surface area contributed by atoms with E-state index in [0.29, 0.717) is 0 Å². The van der Waals surface area contributed by atoms with Gasteiger partial charge in [0, 0.05) is 35.4 Å². The molecule has 1 aliphatic rings. The number of aldehydes is 1. The Balaban J connectivity index is 2.09. The molecular formula is C10H13NO2S2. The van der Waals surface area contributed by atoms with Crippen molar-refractivity contribution in [3.8, 4) is 0 Å². The fraction of sp³-hybridized carbons (Fsp3) is 0.500. The Labute approximate surface area is 95.6 Å². The van der Waals surface area contributed by atoms with E-state index in [4.69, 9.17) is 0 Å². The molecule has 0 spiro atoms. The molecule has 1 aromatic rings. The summed E-state index contributed by atoms with van der Waals surface area (Å²) in [5.41, 5.74) is 0. The third kappa shape index (κ3) is 2.66. The van der Waals surface area contributed by atoms with Crippen molar-refractivity contribution in [2.75, 3.05) is 29.5 Å². The average Bonchev–Trinajstić information content (AvgIpc) is 2.62. The zero-order chi connectivity index (χ0) is 10.7. The molecule has 0 amide bonds. The minimum atomic E-state index is -0.654. The molecule has 1 aliphatic heterocycles. The lowest BCUT2D eigenvalue weighted by Gasteiger charge is -2.19. The van der Waals surface area contributed by atoms with Crippen molar-refractivity contribution in [2.24, 2.45) is 0 Å². The van der Waals surface area contributed by atoms with E-state index in [9.17, 15) is 9.00 Å². The zero-order valence-electron chi connectivity index (χ0n) is 8.35. The predicted octanol–water partition coefficient (Wildman–Crippen LogP) is 1.52. The van der Waals surface area contributed by atoms with Gasteiger partial charge < -0.3 is 4.90 Å². The first-order valence-corrected chi connectivity index (χ1v) is 7.25. The molecule has 0 aliphatic carbocycles. The van der Waals surface area contributed by atoms with Crippen LogP contribution in [0.2, 0.25) is 0 Å². The summed E-state index contributed by atoms with van der Waals surface area (Å²) in [6.07, 6.45) is 1.85. The quantitative estimate of drug-likeness (QED) is 0.739. The van der Waals surface area contributed by atoms with E-state index in [1.54, 1.807) is 0 Å². The molecule has 0 bridgehead atoms. The SMILES string of the molecule is O=Cc1ccc(N2CCCS(=O)CC2)s1. The highest BCUT2D eigenvalue weighted by Gasteiger charge is 2.14. The molecule has 2 heterocycles. The molecule has 0 saturated carbocycles. The fourth-order valence-electron chi connectivity index (χ4n) is 1.64. The van der Waals surface area contributed by atoms with Gasteiger partial charge in [-0.2, -0.15) is 0 Å². The maximum atomic E-state index is 11.4. The molecule has 1 aromatic heterocycles. The van der Waals surface area contributed by atoms with Crippen LogP contribution in [0.5, 0.6) is 0 Å². The first-order chi connectivity index (χ1) is 7.29. The molecule has 0 N–H and O–H groups in total. The van der Waals surface area contributed by atoms with Gasteiger partial charge in [-0.15, -0.1) is 11.3 Å². The first kappa shape index (κ1) is 10.8. The van der Waals surface area contributed by atoms with Crippen molar-refractivity contribution >= 4 is 33.4 Å². The summed E-state index contributed by atoms with van der Waals surface area (Å²) in [5.74, 6) is 1.55. The predicted molar refractivity (Wildman–Crippen MR) is 64.4 cm³/mol. The third-order valence-corrected chi connectivity index (χ3v) is 4.88. The molecule has 1 saturated heterocycles. The van der Waals surface area contributed by atoms with Crippen LogP contribution in [0.15, 0.2) is 12.1 Å². The Kier molecular flexibility index (Phi) is 3.53. The monoisotopic (exact) mass is 243 g/mol. The van der Waals surface area contributed by atoms with Crippen LogP contribution < -0.4 is 4.90 Å². The third-order valence-electron chi connectivity index (χ3n) is 2.43. The van der Waals surface area contributed by atoms with Gasteiger partial charge in [-0.1, -0.05) is 0 Å². The van der Waals surface area contributed by atoms with Gasteiger partial charge in [-0.25, -0.2) is 0 Å². The van der Waals surface area contributed by atoms with Crippen molar-refractivity contribution in [3.63, 3.8) is 0 Å². The molecule has 82 valence electrons. The van der Waals surface area contributed by atoms with Crippen LogP contribution in [0.3, 0.4) is 0 Å². The van der Waals surface area contributed by atoms with E-state index >= 15 is 0 Å². The highest BCUT2D eigenvalue weighted by atomic mass is 32.2. The van der Waals surface area contributed by atoms with Crippen molar-refractivity contribution < 1.29 is 9.00 Å². The minimum absolute atomic E-state index is 0.654. The number of thiophene rings is 1. The maximum absolute atomic E-state index is 11.4. The Morgan fingerprint density at radius 3 is 2.93 bits per heavy atom. The van der Waals surface area contributed by atoms with Crippen LogP contribution in [0, 0.1) is 0 Å². The summed E-state index contributed by atoms with van der Waals surface area (Å²) in [7, 11) is -0.654. The number of carbonyl (C=O) groups is 1. The van der Waals surface area contributed by atoms with Crippen molar-refractivity contribution in [1.82, 2.24) is 0 Å². The number of hydrogen-bond acceptors (Lipinski definition) is 4. The van der Waals surface area contributed by atoms with Gasteiger partial charge in [-0.3, -0.25) is 9.00 Å². The summed E-state index contributed by atoms with van der Waals surface area (Å²) < 4.78 is 11.4. The molecule has 3 nitrogen and oxygen atoms in total. The standard InChI is InChI=1S/C10H13NO2S2/c12-8-9-2-3-10(14-9)11-4-1-6-15(13)7-5-11/h2-3,8H,1,4-7H2. The summed E-state index contributed by atoms with van der Waals surface area (Å²) in [6.45, 7) is 1.79. The molecule has 5 heteroatoms. The molecule has 0 aromatic carbocycles. The van der Waals surface area contributed by atoms with E-state index in [1.165, 1.54) is 11.3 Å². The second kappa shape index (κ2) is 4.90. The number of nitrogens with zero attached hydrogens (tertiary/aromatic N) is 1. The zero-order valence-corrected chi connectivity index (χ0v) is 9.98. The topological polar surface area (TPSA) is 37.4 Å². The highest BCUT2D eigenvalue weighted by Crippen LogP contribution is 2.25. The van der Waals surface area contributed by atoms with Gasteiger partial charge in [0.05, 0.1) is 9.88 Å². The molecule has 1 unspecified atom stereocenters. The van der Waals surface area contributed by atoms with Crippen LogP contribution >= 0.6 is 11.3 Å². The maximum Gasteiger partial charge on any atom is 0.160 e. The minimum Gasteiger partial charge on any atom is -0.362 e. The van der Waals surface area contributed by atoms with Crippen molar-refractivity contribution in [1.29, 1.82) is 0 Å². The number of carbonyl (C=O) groups excluding carboxylic acids is 1. The van der Waals surface area contributed by atoms with Crippen LogP contribution in [0.25, 0.3) is 0 Å². The fourth-order valence-corrected chi connectivity index (χ4v) is 3.59. The van der Waals surface area contributed by atoms with E-state index < -0.39 is 10.8 Å². The van der Waals surface area contributed by atoms with Gasteiger partial charge in [0.1, 0.15) is 0 Å². The van der Waals surface area contributed by atoms with Crippen molar-refractivity contribution in [3.05, 3.63) is 17.0 Å². The Morgan fingerprint density at radius 2 is 2.20 bits per heavy atom. The summed E-state index contributed by atoms with van der Waals surface area (Å²) in [4.78, 5) is 13.6. The van der Waals surface area contributed by atoms with E-state index in [2.05, 4.69) is 4.90 Å². The summed E-state index contributed by atoms with van der Waals surface area (Å²) >= 11 is 1.51. The van der Waals surface area contributed by atoms with Crippen molar-refractivity contribution in [2.45, 2.75) is 6.42 Å². The van der Waals surface area contributed by atoms with E-state index in [1.807, 2.05) is 12.1 Å². The number of anilines is 1. The van der Waals surface area contributed by atoms with Crippen LogP contribution in [-0.4, -0.2) is 35.1 Å². The van der Waals surface area contributed by atoms with E-state index in [0.717, 1.165) is 47.2 Å². The molecule has 1 fully saturated rings. The molecule has 0 radical (unpaired) electrons. The lowest BCUT2D eigenvalue weighted by atomic mass is 10.4. The Bertz CT molecular complexity index is 375. The number of rotatable bonds is 2. The Hall–Kier alpha value is -0.680. The average molecular weight is 243 g/mol. The van der Waals surface area contributed by atoms with Gasteiger partial charge in [0.2, 0.25) is 0 Å². The highest BCUT2D eigenvalue weighted by molar-refractivity contribution is 7.85. The second-order valence-corrected chi connectivity index (χ2v) is 6.27. The Morgan fingerprint density at radius 1 is 1.33 bits per heavy atom. The lowest BCUT2D eigenvalue weighted by molar-refractivity contribution is 0.112. The largest absolute Gasteiger partial charge is 0.362 e. The van der Waals surface area contributed by atoms with Crippen LogP contribution in [0.4, 0.5) is 5.00 Å². The lowest BCUT2D eigenvalue weighted by Crippen LogP contribution is -2.24. The summed E-state index contributed by atoms with van der Waals surface area (Å²) in [5, 5.41) is 1.12. The summed E-state index contributed by atoms with van der Waals surface area (Å²) in [6, 6.07) is 3.82. The van der Waals surface area contributed by atoms with Gasteiger partial charge in [0.25, 0.3) is 0 Å². The first-order valence-electron chi connectivity index (χ1n) is 4.94. The van der Waals surface area contributed by atoms with Crippen LogP contribution in [0.1, 0.15) is 16.1 Å². The smallest absolute Gasteiger partial charge is 0.160 e. The normalized spacial score (nSPS) is 22.4. The number of hydrogen-bond donors (Lipinski definition) is 0. The van der Waals surface area contributed by atoms with E-state index in [-0.39, 0.29) is 0 Å². The molecule has 15 heavy (non-hydrogen) atoms. The van der Waals surface area contributed by atoms with Gasteiger partial charge >= 0.3 is 0 Å².